The van der Waals surface area contributed by atoms with E-state index < -0.39 is 0 Å². The summed E-state index contributed by atoms with van der Waals surface area (Å²) in [6.45, 7) is 9.31. The highest BCUT2D eigenvalue weighted by Gasteiger charge is 2.32. The molecule has 2 rings (SSSR count). The maximum atomic E-state index is 11.8. The average molecular weight is 469 g/mol. The molecule has 0 spiro atoms. The zero-order valence-corrected chi connectivity index (χ0v) is 19.6. The maximum absolute atomic E-state index is 11.8. The average Bonchev–Trinajstić information content (AvgIpc) is 3.31. The number of aromatic nitrogens is 2. The van der Waals surface area contributed by atoms with Crippen molar-refractivity contribution in [3.8, 4) is 0 Å². The zero-order valence-electron chi connectivity index (χ0n) is 17.1. The predicted octanol–water partition coefficient (Wildman–Crippen LogP) is 3.51. The van der Waals surface area contributed by atoms with Crippen molar-refractivity contribution in [1.82, 2.24) is 20.9 Å². The minimum atomic E-state index is -0.223. The number of aryl methyl sites for hydroxylation is 1. The van der Waals surface area contributed by atoms with Gasteiger partial charge in [0, 0.05) is 19.3 Å². The van der Waals surface area contributed by atoms with Crippen molar-refractivity contribution < 1.29 is 9.59 Å². The molecule has 0 aromatic carbocycles. The van der Waals surface area contributed by atoms with Gasteiger partial charge in [-0.2, -0.15) is 16.9 Å². The summed E-state index contributed by atoms with van der Waals surface area (Å²) in [5, 5.41) is 20.1. The number of carbonyl (C=O) groups excluding carboxylic acids is 2. The molecule has 1 aliphatic heterocycles. The molecule has 0 radical (unpaired) electrons. The van der Waals surface area contributed by atoms with Crippen LogP contribution in [-0.4, -0.2) is 43.6 Å². The number of anilines is 1. The van der Waals surface area contributed by atoms with E-state index in [1.807, 2.05) is 11.8 Å². The third kappa shape index (κ3) is 8.88. The third-order valence-corrected chi connectivity index (χ3v) is 7.03. The number of hydrogen-bond acceptors (Lipinski definition) is 9. The summed E-state index contributed by atoms with van der Waals surface area (Å²) >= 11 is 4.79. The van der Waals surface area contributed by atoms with Gasteiger partial charge in [0.2, 0.25) is 16.9 Å². The molecule has 0 aliphatic carbocycles. The molecule has 164 valence electrons. The first-order valence-electron chi connectivity index (χ1n) is 9.69. The molecule has 1 aromatic heterocycles. The molecule has 11 heteroatoms. The second-order valence-corrected chi connectivity index (χ2v) is 10.5. The largest absolute Gasteiger partial charge is 0.304 e. The summed E-state index contributed by atoms with van der Waals surface area (Å²) < 4.78 is 0. The van der Waals surface area contributed by atoms with Crippen LogP contribution >= 0.6 is 34.9 Å². The lowest BCUT2D eigenvalue weighted by Crippen LogP contribution is -2.33. The second kappa shape index (κ2) is 12.8. The number of hydrogen-bond donors (Lipinski definition) is 3. The van der Waals surface area contributed by atoms with Crippen molar-refractivity contribution in [2.45, 2.75) is 50.3 Å². The van der Waals surface area contributed by atoms with Gasteiger partial charge >= 0.3 is 0 Å². The van der Waals surface area contributed by atoms with Crippen molar-refractivity contribution in [2.75, 3.05) is 16.8 Å². The van der Waals surface area contributed by atoms with Crippen molar-refractivity contribution in [1.29, 1.82) is 0 Å². The fourth-order valence-corrected chi connectivity index (χ4v) is 5.44. The first-order chi connectivity index (χ1) is 14.4. The van der Waals surface area contributed by atoms with E-state index in [4.69, 9.17) is 0 Å². The Morgan fingerprint density at radius 1 is 1.13 bits per heavy atom. The molecule has 8 nitrogen and oxygen atoms in total. The van der Waals surface area contributed by atoms with Crippen LogP contribution < -0.4 is 16.1 Å². The minimum absolute atomic E-state index is 0.0464. The van der Waals surface area contributed by atoms with E-state index in [-0.39, 0.29) is 16.7 Å². The molecule has 30 heavy (non-hydrogen) atoms. The summed E-state index contributed by atoms with van der Waals surface area (Å²) in [6.07, 6.45) is 7.28. The van der Waals surface area contributed by atoms with Gasteiger partial charge in [-0.05, 0) is 37.7 Å². The van der Waals surface area contributed by atoms with Crippen molar-refractivity contribution in [3.63, 3.8) is 0 Å². The van der Waals surface area contributed by atoms with Gasteiger partial charge in [-0.3, -0.25) is 15.0 Å². The molecule has 0 bridgehead atoms. The molecule has 2 amide bonds. The van der Waals surface area contributed by atoms with Crippen LogP contribution in [0.1, 0.15) is 44.0 Å². The number of allylic oxidation sites excluding steroid dienone is 2. The van der Waals surface area contributed by atoms with Crippen LogP contribution in [-0.2, 0) is 16.0 Å². The summed E-state index contributed by atoms with van der Waals surface area (Å²) in [4.78, 5) is 23.3. The molecule has 0 saturated heterocycles. The second-order valence-electron chi connectivity index (χ2n) is 6.73. The van der Waals surface area contributed by atoms with Crippen LogP contribution in [0.25, 0.3) is 0 Å². The number of hydrazone groups is 1. The maximum Gasteiger partial charge on any atom is 0.226 e. The molecule has 3 N–H and O–H groups in total. The molecule has 1 atom stereocenters. The van der Waals surface area contributed by atoms with Crippen molar-refractivity contribution in [2.24, 2.45) is 5.10 Å². The number of nitrogens with one attached hydrogen (secondary N) is 3. The van der Waals surface area contributed by atoms with E-state index in [1.165, 1.54) is 11.3 Å². The van der Waals surface area contributed by atoms with Gasteiger partial charge in [-0.15, -0.1) is 23.4 Å². The van der Waals surface area contributed by atoms with Gasteiger partial charge in [0.15, 0.2) is 5.17 Å². The lowest BCUT2D eigenvalue weighted by Gasteiger charge is -2.22. The summed E-state index contributed by atoms with van der Waals surface area (Å²) in [7, 11) is 0. The van der Waals surface area contributed by atoms with Gasteiger partial charge in [-0.25, -0.2) is 0 Å². The summed E-state index contributed by atoms with van der Waals surface area (Å²) in [5.41, 5.74) is 3.13. The molecule has 2 heterocycles. The number of thioether (sulfide) groups is 2. The topological polar surface area (TPSA) is 108 Å². The zero-order chi connectivity index (χ0) is 21.8. The fraction of sp³-hybridized carbons (Fsp3) is 0.526. The van der Waals surface area contributed by atoms with Crippen LogP contribution in [0.15, 0.2) is 30.4 Å². The van der Waals surface area contributed by atoms with Crippen LogP contribution in [0.3, 0.4) is 0 Å². The van der Waals surface area contributed by atoms with Gasteiger partial charge in [0.1, 0.15) is 9.88 Å². The SMILES string of the molecule is C=CCCC(=O)NC1=NNC(C)(CCSCCc2nnc(NC(=O)CCC=C)s2)S1. The van der Waals surface area contributed by atoms with Gasteiger partial charge < -0.3 is 10.6 Å². The summed E-state index contributed by atoms with van der Waals surface area (Å²) in [5.74, 6) is 1.76. The molecule has 0 saturated carbocycles. The standard InChI is InChI=1S/C19H28N6O2S3/c1-4-6-8-14(26)20-17-23-22-16(29-17)10-12-28-13-11-19(3)25-24-18(30-19)21-15(27)9-7-5-2/h4-5,25H,1-2,6-13H2,3H3,(H,20,23,26)(H,21,24,27). The Morgan fingerprint density at radius 3 is 2.53 bits per heavy atom. The lowest BCUT2D eigenvalue weighted by atomic mass is 10.3. The molecule has 1 unspecified atom stereocenters. The smallest absolute Gasteiger partial charge is 0.226 e. The molecule has 1 aliphatic rings. The molecular formula is C19H28N6O2S3. The Morgan fingerprint density at radius 2 is 1.83 bits per heavy atom. The Labute approximate surface area is 189 Å². The van der Waals surface area contributed by atoms with Gasteiger partial charge in [0.05, 0.1) is 0 Å². The Balaban J connectivity index is 1.61. The number of rotatable bonds is 13. The first-order valence-corrected chi connectivity index (χ1v) is 12.5. The third-order valence-electron chi connectivity index (χ3n) is 4.01. The van der Waals surface area contributed by atoms with E-state index >= 15 is 0 Å². The predicted molar refractivity (Wildman–Crippen MR) is 128 cm³/mol. The number of amides is 2. The lowest BCUT2D eigenvalue weighted by molar-refractivity contribution is -0.119. The van der Waals surface area contributed by atoms with E-state index in [1.54, 1.807) is 23.9 Å². The normalized spacial score (nSPS) is 17.7. The number of amidine groups is 1. The molecule has 1 aromatic rings. The highest BCUT2D eigenvalue weighted by molar-refractivity contribution is 8.15. The van der Waals surface area contributed by atoms with Crippen LogP contribution in [0.5, 0.6) is 0 Å². The highest BCUT2D eigenvalue weighted by Crippen LogP contribution is 2.32. The Bertz CT molecular complexity index is 782. The molecule has 0 fully saturated rings. The quantitative estimate of drug-likeness (QED) is 0.300. The van der Waals surface area contributed by atoms with E-state index in [2.05, 4.69) is 51.4 Å². The van der Waals surface area contributed by atoms with Crippen LogP contribution in [0.4, 0.5) is 5.13 Å². The van der Waals surface area contributed by atoms with E-state index in [0.29, 0.717) is 36.0 Å². The highest BCUT2D eigenvalue weighted by atomic mass is 32.2. The van der Waals surface area contributed by atoms with Crippen molar-refractivity contribution >= 4 is 57.0 Å². The fourth-order valence-electron chi connectivity index (χ4n) is 2.35. The van der Waals surface area contributed by atoms with E-state index in [0.717, 1.165) is 29.4 Å². The van der Waals surface area contributed by atoms with Crippen LogP contribution in [0.2, 0.25) is 0 Å². The van der Waals surface area contributed by atoms with Gasteiger partial charge in [-0.1, -0.05) is 35.3 Å². The Hall–Kier alpha value is -1.85. The first kappa shape index (κ1) is 24.4. The monoisotopic (exact) mass is 468 g/mol. The number of nitrogens with zero attached hydrogens (tertiary/aromatic N) is 3. The number of carbonyl (C=O) groups is 2. The van der Waals surface area contributed by atoms with E-state index in [9.17, 15) is 9.59 Å². The van der Waals surface area contributed by atoms with Crippen LogP contribution in [0, 0.1) is 0 Å². The Kier molecular flexibility index (Phi) is 10.4. The van der Waals surface area contributed by atoms with Crippen molar-refractivity contribution in [3.05, 3.63) is 30.3 Å². The molecular weight excluding hydrogens is 440 g/mol. The summed E-state index contributed by atoms with van der Waals surface area (Å²) in [6, 6.07) is 0. The van der Waals surface area contributed by atoms with Gasteiger partial charge in [0.25, 0.3) is 0 Å². The minimum Gasteiger partial charge on any atom is -0.304 e.